The van der Waals surface area contributed by atoms with Gasteiger partial charge < -0.3 is 0 Å². The van der Waals surface area contributed by atoms with Crippen LogP contribution < -0.4 is 0 Å². The lowest BCUT2D eigenvalue weighted by molar-refractivity contribution is 2.27. The van der Waals surface area contributed by atoms with Crippen molar-refractivity contribution in [1.29, 1.82) is 0 Å². The maximum atomic E-state index is 3.84. The Labute approximate surface area is 118 Å². The fourth-order valence-corrected chi connectivity index (χ4v) is 205. The van der Waals surface area contributed by atoms with Crippen LogP contribution in [0.3, 0.4) is 0 Å². The van der Waals surface area contributed by atoms with Crippen molar-refractivity contribution >= 4 is 113 Å². The predicted molar refractivity (Wildman–Crippen MR) is 80.7 cm³/mol. The number of hydrogen-bond acceptors (Lipinski definition) is 0. The molecule has 0 aliphatic rings. The quantitative estimate of drug-likeness (QED) is 0.435. The van der Waals surface area contributed by atoms with E-state index in [-0.39, 0.29) is 0 Å². The van der Waals surface area contributed by atoms with Gasteiger partial charge in [-0.1, -0.05) is 6.55 Å². The highest BCUT2D eigenvalue weighted by Crippen LogP contribution is 2.22. The van der Waals surface area contributed by atoms with Gasteiger partial charge >= 0.3 is 0 Å². The first kappa shape index (κ1) is 16.8. The molecule has 0 unspecified atom stereocenters. The van der Waals surface area contributed by atoms with E-state index in [1.165, 1.54) is 0 Å². The van der Waals surface area contributed by atoms with Crippen LogP contribution in [0, 0.1) is 0 Å². The minimum atomic E-state index is -1.79. The molecule has 0 saturated carbocycles. The van der Waals surface area contributed by atoms with Crippen LogP contribution in [0.1, 0.15) is 0 Å². The molecular formula is CH3Si13. The molecule has 0 aromatic carbocycles. The molecule has 0 nitrogen and oxygen atoms in total. The first-order valence-electron chi connectivity index (χ1n) is 3.50. The van der Waals surface area contributed by atoms with Crippen LogP contribution in [0.2, 0.25) is 6.55 Å². The third kappa shape index (κ3) is 3.18. The standard InChI is InChI=1S/CH3Si13/c1-11(12(2,3)4,13(5,6)7)14(8,9)10/h1H3. The molecule has 13 heteroatoms. The van der Waals surface area contributed by atoms with E-state index in [2.05, 4.69) is 94.4 Å². The molecule has 0 aromatic rings. The van der Waals surface area contributed by atoms with Gasteiger partial charge in [-0.25, -0.2) is 0 Å². The van der Waals surface area contributed by atoms with Gasteiger partial charge in [0.2, 0.25) is 0 Å². The zero-order valence-corrected chi connectivity index (χ0v) is 20.5. The molecule has 0 aromatic heterocycles. The van der Waals surface area contributed by atoms with Crippen molar-refractivity contribution in [2.75, 3.05) is 0 Å². The number of rotatable bonds is 3. The van der Waals surface area contributed by atoms with Gasteiger partial charge in [0.25, 0.3) is 0 Å². The summed E-state index contributed by atoms with van der Waals surface area (Å²) in [5.74, 6) is 0. The topological polar surface area (TPSA) is 0 Å². The molecule has 0 heterocycles. The predicted octanol–water partition coefficient (Wildman–Crippen LogP) is -4.37. The summed E-state index contributed by atoms with van der Waals surface area (Å²) >= 11 is 0. The van der Waals surface area contributed by atoms with Crippen molar-refractivity contribution in [2.24, 2.45) is 0 Å². The second-order valence-electron chi connectivity index (χ2n) is 3.38. The van der Waals surface area contributed by atoms with E-state index in [0.29, 0.717) is 0 Å². The highest BCUT2D eigenvalue weighted by molar-refractivity contribution is 8.26. The van der Waals surface area contributed by atoms with Gasteiger partial charge in [0, 0.05) is 113 Å². The summed E-state index contributed by atoms with van der Waals surface area (Å²) in [6.07, 6.45) is -5.38. The molecule has 27 radical (unpaired) electrons. The maximum Gasteiger partial charge on any atom is 0.00840 e. The fraction of sp³-hybridized carbons (Fsp3) is 1.00. The summed E-state index contributed by atoms with van der Waals surface area (Å²) in [7, 11) is 34.6. The Hall–Kier alpha value is 2.82. The molecule has 0 bridgehead atoms. The SMILES string of the molecule is C[Si]([Si]([Si])([Si])[Si])([Si]([Si])([Si])[Si])[Si]([Si])([Si])[Si]. The molecule has 0 aliphatic carbocycles. The smallest absolute Gasteiger partial charge is 0.00840 e. The molecule has 0 amide bonds. The zero-order valence-electron chi connectivity index (χ0n) is 7.50. The molecule has 0 saturated heterocycles. The molecule has 0 aliphatic heterocycles. The van der Waals surface area contributed by atoms with Crippen LogP contribution in [-0.2, 0) is 0 Å². The van der Waals surface area contributed by atoms with Crippen molar-refractivity contribution in [2.45, 2.75) is 6.55 Å². The third-order valence-electron chi connectivity index (χ3n) is 2.25. The summed E-state index contributed by atoms with van der Waals surface area (Å²) in [6.45, 7) is 0.609. The number of hydrogen-bond donors (Lipinski definition) is 0. The van der Waals surface area contributed by atoms with Gasteiger partial charge in [-0.15, -0.1) is 0 Å². The second kappa shape index (κ2) is 4.83. The molecule has 0 atom stereocenters. The monoisotopic (exact) mass is 379 g/mol. The summed E-state index contributed by atoms with van der Waals surface area (Å²) in [5.41, 5.74) is 0. The Morgan fingerprint density at radius 3 is 0.643 bits per heavy atom. The lowest BCUT2D eigenvalue weighted by Gasteiger charge is -2.56. The van der Waals surface area contributed by atoms with Crippen molar-refractivity contribution in [1.82, 2.24) is 0 Å². The van der Waals surface area contributed by atoms with E-state index in [0.717, 1.165) is 0 Å². The van der Waals surface area contributed by atoms with Crippen molar-refractivity contribution < 1.29 is 0 Å². The molecular weight excluding hydrogens is 377 g/mol. The van der Waals surface area contributed by atoms with Crippen molar-refractivity contribution in [3.8, 4) is 0 Å². The van der Waals surface area contributed by atoms with E-state index < -0.39 is 25.1 Å². The molecule has 0 rings (SSSR count). The highest BCUT2D eigenvalue weighted by atomic mass is 30.6. The minimum Gasteiger partial charge on any atom is -0.0765 e. The van der Waals surface area contributed by atoms with Gasteiger partial charge in [-0.05, 0) is 0 Å². The molecule has 0 spiro atoms. The van der Waals surface area contributed by atoms with E-state index in [4.69, 9.17) is 0 Å². The first-order chi connectivity index (χ1) is 5.75. The highest BCUT2D eigenvalue weighted by Gasteiger charge is 2.57. The van der Waals surface area contributed by atoms with Crippen molar-refractivity contribution in [3.05, 3.63) is 0 Å². The van der Waals surface area contributed by atoms with Crippen LogP contribution in [0.25, 0.3) is 0 Å². The van der Waals surface area contributed by atoms with Gasteiger partial charge in [0.05, 0.1) is 0 Å². The first-order valence-corrected chi connectivity index (χ1v) is 28.5. The van der Waals surface area contributed by atoms with Gasteiger partial charge in [-0.3, -0.25) is 0 Å². The third-order valence-corrected chi connectivity index (χ3v) is 122. The lowest BCUT2D eigenvalue weighted by atomic mass is 11.9. The second-order valence-corrected chi connectivity index (χ2v) is 77.6. The van der Waals surface area contributed by atoms with E-state index in [1.54, 1.807) is 0 Å². The zero-order chi connectivity index (χ0) is 12.0. The molecule has 14 heavy (non-hydrogen) atoms. The summed E-state index contributed by atoms with van der Waals surface area (Å²) in [4.78, 5) is 0. The van der Waals surface area contributed by atoms with E-state index >= 15 is 0 Å². The van der Waals surface area contributed by atoms with E-state index in [1.807, 2.05) is 0 Å². The van der Waals surface area contributed by atoms with Crippen LogP contribution in [0.4, 0.5) is 0 Å². The van der Waals surface area contributed by atoms with Crippen LogP contribution in [-0.4, -0.2) is 113 Å². The van der Waals surface area contributed by atoms with Crippen LogP contribution >= 0.6 is 0 Å². The minimum absolute atomic E-state index is 1.72. The largest absolute Gasteiger partial charge is 0.0765 e. The molecule has 59 valence electrons. The van der Waals surface area contributed by atoms with Crippen LogP contribution in [0.5, 0.6) is 0 Å². The lowest BCUT2D eigenvalue weighted by Crippen LogP contribution is -2.92. The van der Waals surface area contributed by atoms with E-state index in [9.17, 15) is 0 Å². The van der Waals surface area contributed by atoms with Crippen molar-refractivity contribution in [3.63, 3.8) is 0 Å². The Bertz CT molecular complexity index is 159. The van der Waals surface area contributed by atoms with Gasteiger partial charge in [0.1, 0.15) is 0 Å². The average Bonchev–Trinajstić information content (AvgIpc) is 1.77. The summed E-state index contributed by atoms with van der Waals surface area (Å²) in [5, 5.41) is 0. The van der Waals surface area contributed by atoms with Gasteiger partial charge in [-0.2, -0.15) is 0 Å². The fourth-order valence-electron chi connectivity index (χ4n) is 0.844. The Kier molecular flexibility index (Phi) is 5.80. The Morgan fingerprint density at radius 1 is 0.500 bits per heavy atom. The van der Waals surface area contributed by atoms with Crippen LogP contribution in [0.15, 0.2) is 0 Å². The maximum absolute atomic E-state index is 3.84. The van der Waals surface area contributed by atoms with Gasteiger partial charge in [0.15, 0.2) is 0 Å². The summed E-state index contributed by atoms with van der Waals surface area (Å²) in [6, 6.07) is 0. The molecule has 0 fully saturated rings. The summed E-state index contributed by atoms with van der Waals surface area (Å²) < 4.78 is 0. The Morgan fingerprint density at radius 2 is 0.643 bits per heavy atom. The average molecular weight is 380 g/mol. The normalized spacial score (nSPS) is 15.9. The Balaban J connectivity index is 5.54. The molecule has 0 N–H and O–H groups in total.